The summed E-state index contributed by atoms with van der Waals surface area (Å²) in [5.74, 6) is 0. The summed E-state index contributed by atoms with van der Waals surface area (Å²) in [6, 6.07) is 0.382. The van der Waals surface area contributed by atoms with E-state index in [-0.39, 0.29) is 6.09 Å². The van der Waals surface area contributed by atoms with Crippen molar-refractivity contribution in [3.05, 3.63) is 0 Å². The second-order valence-electron chi connectivity index (χ2n) is 3.77. The Hall–Kier alpha value is -0.810. The van der Waals surface area contributed by atoms with Crippen LogP contribution in [0.4, 0.5) is 4.79 Å². The zero-order valence-corrected chi connectivity index (χ0v) is 9.12. The van der Waals surface area contributed by atoms with E-state index in [4.69, 9.17) is 0 Å². The maximum atomic E-state index is 10.9. The van der Waals surface area contributed by atoms with Gasteiger partial charge in [-0.15, -0.1) is 0 Å². The molecule has 0 aliphatic carbocycles. The van der Waals surface area contributed by atoms with Crippen molar-refractivity contribution in [2.75, 3.05) is 47.4 Å². The molecule has 5 heteroatoms. The van der Waals surface area contributed by atoms with E-state index in [9.17, 15) is 4.79 Å². The van der Waals surface area contributed by atoms with Crippen molar-refractivity contribution in [2.45, 2.75) is 6.04 Å². The molecule has 1 heterocycles. The Bertz CT molecular complexity index is 198. The molecule has 0 radical (unpaired) electrons. The van der Waals surface area contributed by atoms with Gasteiger partial charge < -0.3 is 15.0 Å². The van der Waals surface area contributed by atoms with Gasteiger partial charge in [0.15, 0.2) is 0 Å². The second kappa shape index (κ2) is 5.17. The molecule has 14 heavy (non-hydrogen) atoms. The van der Waals surface area contributed by atoms with Crippen LogP contribution in [0.3, 0.4) is 0 Å². The highest BCUT2D eigenvalue weighted by molar-refractivity contribution is 5.66. The largest absolute Gasteiger partial charge is 0.453 e. The summed E-state index contributed by atoms with van der Waals surface area (Å²) in [6.07, 6.45) is -0.355. The van der Waals surface area contributed by atoms with Crippen molar-refractivity contribution in [1.82, 2.24) is 15.1 Å². The normalized spacial score (nSPS) is 24.6. The molecular weight excluding hydrogens is 182 g/mol. The molecular formula is C9H19N3O2. The zero-order chi connectivity index (χ0) is 10.6. The number of nitrogens with zero attached hydrogens (tertiary/aromatic N) is 2. The van der Waals surface area contributed by atoms with E-state index in [1.807, 2.05) is 0 Å². The van der Waals surface area contributed by atoms with Gasteiger partial charge in [-0.3, -0.25) is 4.90 Å². The Labute approximate surface area is 85.0 Å². The third-order valence-corrected chi connectivity index (χ3v) is 2.65. The number of amides is 1. The fraction of sp³-hybridized carbons (Fsp3) is 0.889. The van der Waals surface area contributed by atoms with Gasteiger partial charge in [0.25, 0.3) is 0 Å². The molecule has 1 atom stereocenters. The minimum Gasteiger partial charge on any atom is -0.453 e. The average molecular weight is 201 g/mol. The van der Waals surface area contributed by atoms with Crippen LogP contribution in [0.15, 0.2) is 0 Å². The number of rotatable bonds is 2. The zero-order valence-electron chi connectivity index (χ0n) is 9.12. The van der Waals surface area contributed by atoms with Gasteiger partial charge in [0.05, 0.1) is 7.11 Å². The van der Waals surface area contributed by atoms with Crippen LogP contribution in [0.2, 0.25) is 0 Å². The number of ether oxygens (including phenoxy) is 1. The predicted octanol–water partition coefficient (Wildman–Crippen LogP) is -0.412. The summed E-state index contributed by atoms with van der Waals surface area (Å²) in [5.41, 5.74) is 0. The van der Waals surface area contributed by atoms with E-state index in [0.29, 0.717) is 12.6 Å². The molecule has 1 N–H and O–H groups in total. The first-order chi connectivity index (χ1) is 6.63. The van der Waals surface area contributed by atoms with Gasteiger partial charge in [-0.1, -0.05) is 0 Å². The third kappa shape index (κ3) is 3.16. The minimum atomic E-state index is -0.355. The van der Waals surface area contributed by atoms with Crippen molar-refractivity contribution in [3.63, 3.8) is 0 Å². The summed E-state index contributed by atoms with van der Waals surface area (Å²) >= 11 is 0. The van der Waals surface area contributed by atoms with E-state index in [1.165, 1.54) is 7.11 Å². The molecule has 82 valence electrons. The first kappa shape index (κ1) is 11.3. The Morgan fingerprint density at radius 3 is 2.86 bits per heavy atom. The summed E-state index contributed by atoms with van der Waals surface area (Å²) in [7, 11) is 5.56. The smallest absolute Gasteiger partial charge is 0.406 e. The summed E-state index contributed by atoms with van der Waals surface area (Å²) in [5, 5.41) is 2.72. The second-order valence-corrected chi connectivity index (χ2v) is 3.77. The molecule has 1 unspecified atom stereocenters. The quantitative estimate of drug-likeness (QED) is 0.659. The van der Waals surface area contributed by atoms with Gasteiger partial charge in [0, 0.05) is 32.2 Å². The van der Waals surface area contributed by atoms with E-state index < -0.39 is 0 Å². The maximum Gasteiger partial charge on any atom is 0.406 e. The fourth-order valence-electron chi connectivity index (χ4n) is 1.60. The summed E-state index contributed by atoms with van der Waals surface area (Å²) in [6.45, 7) is 3.77. The first-order valence-corrected chi connectivity index (χ1v) is 4.84. The maximum absolute atomic E-state index is 10.9. The van der Waals surface area contributed by atoms with Crippen LogP contribution in [-0.2, 0) is 4.74 Å². The van der Waals surface area contributed by atoms with Crippen LogP contribution in [0.25, 0.3) is 0 Å². The lowest BCUT2D eigenvalue weighted by Crippen LogP contribution is -2.54. The molecule has 1 fully saturated rings. The molecule has 0 aromatic heterocycles. The number of hydrogen-bond donors (Lipinski definition) is 1. The molecule has 5 nitrogen and oxygen atoms in total. The topological polar surface area (TPSA) is 44.8 Å². The number of carbonyl (C=O) groups excluding carboxylic acids is 1. The van der Waals surface area contributed by atoms with Crippen LogP contribution in [0, 0.1) is 0 Å². The van der Waals surface area contributed by atoms with E-state index in [1.54, 1.807) is 0 Å². The predicted molar refractivity (Wildman–Crippen MR) is 54.3 cm³/mol. The van der Waals surface area contributed by atoms with Crippen molar-refractivity contribution in [1.29, 1.82) is 0 Å². The molecule has 0 saturated carbocycles. The number of likely N-dealkylation sites (N-methyl/N-ethyl adjacent to an activating group) is 2. The van der Waals surface area contributed by atoms with Gasteiger partial charge in [-0.05, 0) is 14.1 Å². The Morgan fingerprint density at radius 1 is 1.50 bits per heavy atom. The van der Waals surface area contributed by atoms with Gasteiger partial charge >= 0.3 is 6.09 Å². The van der Waals surface area contributed by atoms with E-state index in [0.717, 1.165) is 19.6 Å². The number of nitrogens with one attached hydrogen (secondary N) is 1. The van der Waals surface area contributed by atoms with E-state index in [2.05, 4.69) is 33.9 Å². The molecule has 0 aromatic carbocycles. The van der Waals surface area contributed by atoms with Crippen LogP contribution in [0.5, 0.6) is 0 Å². The molecule has 1 aliphatic rings. The van der Waals surface area contributed by atoms with Crippen LogP contribution in [-0.4, -0.2) is 69.3 Å². The van der Waals surface area contributed by atoms with Gasteiger partial charge in [0.2, 0.25) is 0 Å². The van der Waals surface area contributed by atoms with Gasteiger partial charge in [-0.25, -0.2) is 4.79 Å². The molecule has 1 rings (SSSR count). The third-order valence-electron chi connectivity index (χ3n) is 2.65. The Morgan fingerprint density at radius 2 is 2.21 bits per heavy atom. The molecule has 0 spiro atoms. The fourth-order valence-corrected chi connectivity index (χ4v) is 1.60. The van der Waals surface area contributed by atoms with Crippen molar-refractivity contribution < 1.29 is 9.53 Å². The van der Waals surface area contributed by atoms with E-state index >= 15 is 0 Å². The molecule has 0 bridgehead atoms. The standard InChI is InChI=1S/C9H19N3O2/c1-11-4-5-12(2)8(7-11)6-10-9(13)14-3/h8H,4-7H2,1-3H3,(H,10,13). The Kier molecular flexibility index (Phi) is 4.16. The Balaban J connectivity index is 2.30. The number of methoxy groups -OCH3 is 1. The number of hydrogen-bond acceptors (Lipinski definition) is 4. The molecule has 1 saturated heterocycles. The highest BCUT2D eigenvalue weighted by atomic mass is 16.5. The van der Waals surface area contributed by atoms with Crippen LogP contribution in [0.1, 0.15) is 0 Å². The molecule has 0 aromatic rings. The van der Waals surface area contributed by atoms with Crippen molar-refractivity contribution >= 4 is 6.09 Å². The van der Waals surface area contributed by atoms with Crippen LogP contribution < -0.4 is 5.32 Å². The lowest BCUT2D eigenvalue weighted by atomic mass is 10.2. The highest BCUT2D eigenvalue weighted by Gasteiger charge is 2.22. The molecule has 1 amide bonds. The monoisotopic (exact) mass is 201 g/mol. The number of carbonyl (C=O) groups is 1. The van der Waals surface area contributed by atoms with Gasteiger partial charge in [-0.2, -0.15) is 0 Å². The van der Waals surface area contributed by atoms with Crippen LogP contribution >= 0.6 is 0 Å². The molecule has 1 aliphatic heterocycles. The highest BCUT2D eigenvalue weighted by Crippen LogP contribution is 2.04. The number of alkyl carbamates (subject to hydrolysis) is 1. The minimum absolute atomic E-state index is 0.355. The summed E-state index contributed by atoms with van der Waals surface area (Å²) < 4.78 is 4.52. The first-order valence-electron chi connectivity index (χ1n) is 4.84. The SMILES string of the molecule is COC(=O)NCC1CN(C)CCN1C. The lowest BCUT2D eigenvalue weighted by molar-refractivity contribution is 0.109. The average Bonchev–Trinajstić information content (AvgIpc) is 2.19. The summed E-state index contributed by atoms with van der Waals surface area (Å²) in [4.78, 5) is 15.4. The number of piperazine rings is 1. The van der Waals surface area contributed by atoms with Crippen molar-refractivity contribution in [2.24, 2.45) is 0 Å². The lowest BCUT2D eigenvalue weighted by Gasteiger charge is -2.37. The van der Waals surface area contributed by atoms with Crippen molar-refractivity contribution in [3.8, 4) is 0 Å². The van der Waals surface area contributed by atoms with Gasteiger partial charge in [0.1, 0.15) is 0 Å².